The maximum absolute atomic E-state index is 12.2. The molecular weight excluding hydrogens is 366 g/mol. The van der Waals surface area contributed by atoms with Gasteiger partial charge < -0.3 is 9.47 Å². The molecule has 0 unspecified atom stereocenters. The van der Waals surface area contributed by atoms with Crippen molar-refractivity contribution in [2.24, 2.45) is 5.10 Å². The molecular formula is C18H17ClF2N2O3. The molecule has 0 saturated carbocycles. The number of alkyl halides is 2. The molecule has 26 heavy (non-hydrogen) atoms. The number of hydrazone groups is 1. The van der Waals surface area contributed by atoms with Crippen LogP contribution in [0.5, 0.6) is 11.5 Å². The summed E-state index contributed by atoms with van der Waals surface area (Å²) in [6, 6.07) is 12.4. The lowest BCUT2D eigenvalue weighted by atomic mass is 10.1. The minimum Gasteiger partial charge on any atom is -0.478 e. The van der Waals surface area contributed by atoms with Gasteiger partial charge in [-0.1, -0.05) is 11.6 Å². The van der Waals surface area contributed by atoms with Gasteiger partial charge in [0.1, 0.15) is 11.5 Å². The van der Waals surface area contributed by atoms with Gasteiger partial charge in [-0.25, -0.2) is 5.43 Å². The first kappa shape index (κ1) is 19.7. The van der Waals surface area contributed by atoms with Crippen LogP contribution in [0.4, 0.5) is 8.78 Å². The zero-order valence-electron chi connectivity index (χ0n) is 14.1. The van der Waals surface area contributed by atoms with Crippen LogP contribution in [0.3, 0.4) is 0 Å². The lowest BCUT2D eigenvalue weighted by Gasteiger charge is -2.24. The van der Waals surface area contributed by atoms with Gasteiger partial charge in [0.25, 0.3) is 5.91 Å². The highest BCUT2D eigenvalue weighted by Gasteiger charge is 2.29. The molecule has 5 nitrogen and oxygen atoms in total. The summed E-state index contributed by atoms with van der Waals surface area (Å²) in [4.78, 5) is 12.2. The molecule has 1 amide bonds. The summed E-state index contributed by atoms with van der Waals surface area (Å²) in [5.74, 6) is 0.0770. The van der Waals surface area contributed by atoms with Gasteiger partial charge in [-0.05, 0) is 67.9 Å². The second-order valence-corrected chi connectivity index (χ2v) is 6.15. The standard InChI is InChI=1S/C18H17ClF2N2O3/c1-18(2,26-15-9-5-13(19)6-10-15)16(24)23-22-11-12-3-7-14(8-4-12)25-17(20)21/h3-11,17H,1-2H3,(H,23,24)/b22-11-. The lowest BCUT2D eigenvalue weighted by molar-refractivity contribution is -0.134. The number of ether oxygens (including phenoxy) is 2. The molecule has 2 aromatic rings. The van der Waals surface area contributed by atoms with E-state index < -0.39 is 18.1 Å². The Hall–Kier alpha value is -2.67. The van der Waals surface area contributed by atoms with E-state index in [0.29, 0.717) is 16.3 Å². The average Bonchev–Trinajstić information content (AvgIpc) is 2.58. The van der Waals surface area contributed by atoms with Crippen LogP contribution in [0, 0.1) is 0 Å². The molecule has 138 valence electrons. The number of nitrogens with zero attached hydrogens (tertiary/aromatic N) is 1. The van der Waals surface area contributed by atoms with Crippen LogP contribution >= 0.6 is 11.6 Å². The SMILES string of the molecule is CC(C)(Oc1ccc(Cl)cc1)C(=O)N/N=C\c1ccc(OC(F)F)cc1. The number of hydrogen-bond acceptors (Lipinski definition) is 4. The summed E-state index contributed by atoms with van der Waals surface area (Å²) < 4.78 is 34.1. The van der Waals surface area contributed by atoms with Gasteiger partial charge >= 0.3 is 6.61 Å². The van der Waals surface area contributed by atoms with Gasteiger partial charge in [-0.3, -0.25) is 4.79 Å². The number of carbonyl (C=O) groups excluding carboxylic acids is 1. The number of rotatable bonds is 7. The maximum Gasteiger partial charge on any atom is 0.387 e. The summed E-state index contributed by atoms with van der Waals surface area (Å²) in [6.07, 6.45) is 1.38. The highest BCUT2D eigenvalue weighted by molar-refractivity contribution is 6.30. The van der Waals surface area contributed by atoms with E-state index in [1.54, 1.807) is 38.1 Å². The van der Waals surface area contributed by atoms with Crippen LogP contribution < -0.4 is 14.9 Å². The molecule has 0 aliphatic carbocycles. The van der Waals surface area contributed by atoms with Crippen LogP contribution in [0.2, 0.25) is 5.02 Å². The Kier molecular flexibility index (Phi) is 6.52. The summed E-state index contributed by atoms with van der Waals surface area (Å²) in [7, 11) is 0. The quantitative estimate of drug-likeness (QED) is 0.575. The minimum absolute atomic E-state index is 0.0404. The predicted octanol–water partition coefficient (Wildman–Crippen LogP) is 4.25. The van der Waals surface area contributed by atoms with Crippen LogP contribution in [-0.4, -0.2) is 24.3 Å². The smallest absolute Gasteiger partial charge is 0.387 e. The van der Waals surface area contributed by atoms with Crippen LogP contribution in [0.1, 0.15) is 19.4 Å². The molecule has 2 rings (SSSR count). The first-order valence-electron chi connectivity index (χ1n) is 7.59. The van der Waals surface area contributed by atoms with Gasteiger partial charge in [-0.15, -0.1) is 0 Å². The molecule has 8 heteroatoms. The molecule has 0 radical (unpaired) electrons. The Balaban J connectivity index is 1.91. The summed E-state index contributed by atoms with van der Waals surface area (Å²) >= 11 is 5.81. The van der Waals surface area contributed by atoms with Crippen molar-refractivity contribution in [1.29, 1.82) is 0 Å². The Morgan fingerprint density at radius 2 is 1.69 bits per heavy atom. The van der Waals surface area contributed by atoms with E-state index in [-0.39, 0.29) is 5.75 Å². The normalized spacial score (nSPS) is 11.6. The minimum atomic E-state index is -2.88. The highest BCUT2D eigenvalue weighted by atomic mass is 35.5. The van der Waals surface area contributed by atoms with Crippen molar-refractivity contribution in [3.63, 3.8) is 0 Å². The molecule has 0 atom stereocenters. The van der Waals surface area contributed by atoms with Crippen molar-refractivity contribution in [3.8, 4) is 11.5 Å². The number of nitrogens with one attached hydrogen (secondary N) is 1. The Morgan fingerprint density at radius 1 is 1.12 bits per heavy atom. The van der Waals surface area contributed by atoms with Crippen molar-refractivity contribution in [1.82, 2.24) is 5.43 Å². The summed E-state index contributed by atoms with van der Waals surface area (Å²) in [5, 5.41) is 4.40. The van der Waals surface area contributed by atoms with Crippen molar-refractivity contribution in [2.45, 2.75) is 26.1 Å². The molecule has 1 N–H and O–H groups in total. The molecule has 0 heterocycles. The Bertz CT molecular complexity index is 763. The zero-order chi connectivity index (χ0) is 19.2. The number of carbonyl (C=O) groups is 1. The molecule has 2 aromatic carbocycles. The van der Waals surface area contributed by atoms with E-state index in [1.807, 2.05) is 0 Å². The second-order valence-electron chi connectivity index (χ2n) is 5.71. The van der Waals surface area contributed by atoms with Gasteiger partial charge in [-0.2, -0.15) is 13.9 Å². The third kappa shape index (κ3) is 6.00. The molecule has 0 saturated heterocycles. The molecule has 0 aliphatic heterocycles. The fourth-order valence-electron chi connectivity index (χ4n) is 1.88. The fraction of sp³-hybridized carbons (Fsp3) is 0.222. The van der Waals surface area contributed by atoms with E-state index in [1.165, 1.54) is 30.5 Å². The third-order valence-corrected chi connectivity index (χ3v) is 3.47. The molecule has 0 fully saturated rings. The lowest BCUT2D eigenvalue weighted by Crippen LogP contribution is -2.44. The summed E-state index contributed by atoms with van der Waals surface area (Å²) in [5.41, 5.74) is 1.81. The van der Waals surface area contributed by atoms with Crippen molar-refractivity contribution in [2.75, 3.05) is 0 Å². The summed E-state index contributed by atoms with van der Waals surface area (Å²) in [6.45, 7) is 0.322. The van der Waals surface area contributed by atoms with Gasteiger partial charge in [0.2, 0.25) is 0 Å². The largest absolute Gasteiger partial charge is 0.478 e. The van der Waals surface area contributed by atoms with Crippen molar-refractivity contribution >= 4 is 23.7 Å². The van der Waals surface area contributed by atoms with E-state index in [4.69, 9.17) is 16.3 Å². The average molecular weight is 383 g/mol. The topological polar surface area (TPSA) is 59.9 Å². The Morgan fingerprint density at radius 3 is 2.27 bits per heavy atom. The van der Waals surface area contributed by atoms with Crippen molar-refractivity contribution in [3.05, 3.63) is 59.1 Å². The van der Waals surface area contributed by atoms with E-state index in [2.05, 4.69) is 15.3 Å². The van der Waals surface area contributed by atoms with E-state index in [9.17, 15) is 13.6 Å². The first-order chi connectivity index (χ1) is 12.3. The molecule has 0 aliphatic rings. The van der Waals surface area contributed by atoms with Gasteiger partial charge in [0.15, 0.2) is 5.60 Å². The van der Waals surface area contributed by atoms with Crippen molar-refractivity contribution < 1.29 is 23.0 Å². The Labute approximate surface area is 154 Å². The number of halogens is 3. The molecule has 0 bridgehead atoms. The third-order valence-electron chi connectivity index (χ3n) is 3.22. The molecule has 0 aromatic heterocycles. The zero-order valence-corrected chi connectivity index (χ0v) is 14.8. The number of benzene rings is 2. The first-order valence-corrected chi connectivity index (χ1v) is 7.97. The monoisotopic (exact) mass is 382 g/mol. The van der Waals surface area contributed by atoms with Gasteiger partial charge in [0, 0.05) is 5.02 Å². The van der Waals surface area contributed by atoms with Gasteiger partial charge in [0.05, 0.1) is 6.21 Å². The number of hydrogen-bond donors (Lipinski definition) is 1. The maximum atomic E-state index is 12.2. The molecule has 0 spiro atoms. The predicted molar refractivity (Wildman–Crippen MR) is 95.0 cm³/mol. The fourth-order valence-corrected chi connectivity index (χ4v) is 2.00. The van der Waals surface area contributed by atoms with Crippen LogP contribution in [-0.2, 0) is 4.79 Å². The van der Waals surface area contributed by atoms with Crippen LogP contribution in [0.25, 0.3) is 0 Å². The second kappa shape index (κ2) is 8.62. The number of amides is 1. The highest BCUT2D eigenvalue weighted by Crippen LogP contribution is 2.21. The van der Waals surface area contributed by atoms with E-state index in [0.717, 1.165) is 0 Å². The van der Waals surface area contributed by atoms with E-state index >= 15 is 0 Å². The van der Waals surface area contributed by atoms with Crippen LogP contribution in [0.15, 0.2) is 53.6 Å².